The molecule has 0 aliphatic rings. The van der Waals surface area contributed by atoms with Crippen molar-refractivity contribution >= 4 is 41.3 Å². The van der Waals surface area contributed by atoms with E-state index in [4.69, 9.17) is 9.47 Å². The summed E-state index contributed by atoms with van der Waals surface area (Å²) in [6.07, 6.45) is -0.689. The molecule has 144 valence electrons. The van der Waals surface area contributed by atoms with Crippen molar-refractivity contribution in [3.8, 4) is 11.5 Å². The number of aliphatic hydroxyl groups excluding tert-OH is 1. The summed E-state index contributed by atoms with van der Waals surface area (Å²) < 4.78 is 10.5. The Hall–Kier alpha value is -1.52. The number of aliphatic imine (C=N–C) groups is 1. The number of ether oxygens (including phenoxy) is 2. The van der Waals surface area contributed by atoms with Gasteiger partial charge in [0.05, 0.1) is 26.9 Å². The Kier molecular flexibility index (Phi) is 10.4. The monoisotopic (exact) mass is 491 g/mol. The fourth-order valence-corrected chi connectivity index (χ4v) is 2.90. The first-order chi connectivity index (χ1) is 12.2. The lowest BCUT2D eigenvalue weighted by Gasteiger charge is -2.17. The van der Waals surface area contributed by atoms with Crippen molar-refractivity contribution in [1.82, 2.24) is 10.6 Å². The van der Waals surface area contributed by atoms with E-state index < -0.39 is 6.10 Å². The Bertz CT molecular complexity index is 680. The number of benzene rings is 1. The van der Waals surface area contributed by atoms with Gasteiger partial charge < -0.3 is 25.2 Å². The van der Waals surface area contributed by atoms with E-state index in [1.54, 1.807) is 37.7 Å². The minimum atomic E-state index is -0.689. The molecule has 0 aliphatic carbocycles. The molecule has 0 saturated carbocycles. The number of hydrogen-bond acceptors (Lipinski definition) is 5. The van der Waals surface area contributed by atoms with E-state index in [1.165, 1.54) is 4.88 Å². The van der Waals surface area contributed by atoms with E-state index >= 15 is 0 Å². The molecular weight excluding hydrogens is 465 g/mol. The minimum absolute atomic E-state index is 0. The summed E-state index contributed by atoms with van der Waals surface area (Å²) in [5, 5.41) is 18.8. The minimum Gasteiger partial charge on any atom is -0.493 e. The van der Waals surface area contributed by atoms with Gasteiger partial charge in [0.1, 0.15) is 0 Å². The third-order valence-corrected chi connectivity index (χ3v) is 4.43. The number of methoxy groups -OCH3 is 2. The molecule has 0 amide bonds. The number of aliphatic hydroxyl groups is 1. The molecule has 2 rings (SSSR count). The summed E-state index contributed by atoms with van der Waals surface area (Å²) in [4.78, 5) is 5.72. The Balaban J connectivity index is 0.00000338. The molecule has 0 fully saturated rings. The summed E-state index contributed by atoms with van der Waals surface area (Å²) in [5.41, 5.74) is 0.749. The van der Waals surface area contributed by atoms with Gasteiger partial charge >= 0.3 is 0 Å². The SMILES string of the molecule is CCNC(=NCc1cccs1)NCC(O)c1ccc(OC)c(OC)c1.I. The van der Waals surface area contributed by atoms with Gasteiger partial charge in [-0.3, -0.25) is 0 Å². The smallest absolute Gasteiger partial charge is 0.191 e. The molecule has 2 aromatic rings. The highest BCUT2D eigenvalue weighted by atomic mass is 127. The van der Waals surface area contributed by atoms with Crippen LogP contribution < -0.4 is 20.1 Å². The molecule has 1 aromatic carbocycles. The molecule has 0 aliphatic heterocycles. The second-order valence-electron chi connectivity index (χ2n) is 5.29. The molecule has 0 bridgehead atoms. The largest absolute Gasteiger partial charge is 0.493 e. The molecule has 26 heavy (non-hydrogen) atoms. The number of hydrogen-bond donors (Lipinski definition) is 3. The molecule has 1 unspecified atom stereocenters. The normalized spacial score (nSPS) is 12.1. The fraction of sp³-hybridized carbons (Fsp3) is 0.389. The maximum Gasteiger partial charge on any atom is 0.191 e. The molecule has 3 N–H and O–H groups in total. The molecular formula is C18H26IN3O3S. The second kappa shape index (κ2) is 12.0. The molecule has 0 radical (unpaired) electrons. The number of thiophene rings is 1. The number of rotatable bonds is 8. The van der Waals surface area contributed by atoms with Gasteiger partial charge in [-0.1, -0.05) is 12.1 Å². The van der Waals surface area contributed by atoms with Gasteiger partial charge in [0, 0.05) is 18.0 Å². The number of nitrogens with one attached hydrogen (secondary N) is 2. The first-order valence-corrected chi connectivity index (χ1v) is 9.00. The number of guanidine groups is 1. The first-order valence-electron chi connectivity index (χ1n) is 8.12. The van der Waals surface area contributed by atoms with Crippen LogP contribution in [0.5, 0.6) is 11.5 Å². The molecule has 0 spiro atoms. The van der Waals surface area contributed by atoms with Gasteiger partial charge in [0.15, 0.2) is 17.5 Å². The molecule has 6 nitrogen and oxygen atoms in total. The summed E-state index contributed by atoms with van der Waals surface area (Å²) in [6.45, 7) is 3.71. The fourth-order valence-electron chi connectivity index (χ4n) is 2.27. The summed E-state index contributed by atoms with van der Waals surface area (Å²) in [6, 6.07) is 9.45. The zero-order valence-electron chi connectivity index (χ0n) is 15.2. The van der Waals surface area contributed by atoms with Crippen LogP contribution in [0.25, 0.3) is 0 Å². The Labute approximate surface area is 175 Å². The van der Waals surface area contributed by atoms with E-state index in [0.29, 0.717) is 30.5 Å². The lowest BCUT2D eigenvalue weighted by Crippen LogP contribution is -2.39. The average molecular weight is 491 g/mol. The van der Waals surface area contributed by atoms with Crippen LogP contribution in [0.2, 0.25) is 0 Å². The van der Waals surface area contributed by atoms with E-state index in [1.807, 2.05) is 24.4 Å². The van der Waals surface area contributed by atoms with E-state index in [9.17, 15) is 5.11 Å². The maximum absolute atomic E-state index is 10.4. The molecule has 8 heteroatoms. The van der Waals surface area contributed by atoms with Gasteiger partial charge in [0.25, 0.3) is 0 Å². The third-order valence-electron chi connectivity index (χ3n) is 3.57. The van der Waals surface area contributed by atoms with Crippen LogP contribution in [0.1, 0.15) is 23.5 Å². The van der Waals surface area contributed by atoms with E-state index in [2.05, 4.69) is 21.7 Å². The zero-order chi connectivity index (χ0) is 18.1. The summed E-state index contributed by atoms with van der Waals surface area (Å²) >= 11 is 1.67. The average Bonchev–Trinajstić information content (AvgIpc) is 3.16. The molecule has 0 saturated heterocycles. The summed E-state index contributed by atoms with van der Waals surface area (Å²) in [7, 11) is 3.16. The Morgan fingerprint density at radius 2 is 1.96 bits per heavy atom. The van der Waals surface area contributed by atoms with Gasteiger partial charge in [-0.05, 0) is 36.1 Å². The maximum atomic E-state index is 10.4. The Morgan fingerprint density at radius 3 is 2.58 bits per heavy atom. The second-order valence-corrected chi connectivity index (χ2v) is 6.32. The van der Waals surface area contributed by atoms with Crippen molar-refractivity contribution in [3.63, 3.8) is 0 Å². The van der Waals surface area contributed by atoms with E-state index in [0.717, 1.165) is 12.1 Å². The molecule has 1 atom stereocenters. The number of nitrogens with zero attached hydrogens (tertiary/aromatic N) is 1. The van der Waals surface area contributed by atoms with Crippen LogP contribution in [0, 0.1) is 0 Å². The zero-order valence-corrected chi connectivity index (χ0v) is 18.3. The Morgan fingerprint density at radius 1 is 1.19 bits per heavy atom. The van der Waals surface area contributed by atoms with Gasteiger partial charge in [-0.25, -0.2) is 4.99 Å². The van der Waals surface area contributed by atoms with Crippen LogP contribution >= 0.6 is 35.3 Å². The van der Waals surface area contributed by atoms with Gasteiger partial charge in [-0.15, -0.1) is 35.3 Å². The number of halogens is 1. The van der Waals surface area contributed by atoms with E-state index in [-0.39, 0.29) is 24.0 Å². The highest BCUT2D eigenvalue weighted by Gasteiger charge is 2.12. The van der Waals surface area contributed by atoms with Crippen molar-refractivity contribution in [2.45, 2.75) is 19.6 Å². The lowest BCUT2D eigenvalue weighted by molar-refractivity contribution is 0.180. The van der Waals surface area contributed by atoms with Crippen molar-refractivity contribution < 1.29 is 14.6 Å². The summed E-state index contributed by atoms with van der Waals surface area (Å²) in [5.74, 6) is 1.91. The van der Waals surface area contributed by atoms with Gasteiger partial charge in [0.2, 0.25) is 0 Å². The van der Waals surface area contributed by atoms with Crippen LogP contribution in [-0.2, 0) is 6.54 Å². The molecule has 1 aromatic heterocycles. The first kappa shape index (κ1) is 22.5. The predicted molar refractivity (Wildman–Crippen MR) is 117 cm³/mol. The predicted octanol–water partition coefficient (Wildman–Crippen LogP) is 3.17. The highest BCUT2D eigenvalue weighted by Crippen LogP contribution is 2.29. The topological polar surface area (TPSA) is 75.1 Å². The third kappa shape index (κ3) is 6.65. The van der Waals surface area contributed by atoms with Crippen molar-refractivity contribution in [1.29, 1.82) is 0 Å². The standard InChI is InChI=1S/C18H25N3O3S.HI/c1-4-19-18(20-11-14-6-5-9-25-14)21-12-15(22)13-7-8-16(23-2)17(10-13)24-3;/h5-10,15,22H,4,11-12H2,1-3H3,(H2,19,20,21);1H. The van der Waals surface area contributed by atoms with Crippen LogP contribution in [0.4, 0.5) is 0 Å². The van der Waals surface area contributed by atoms with Crippen molar-refractivity contribution in [2.24, 2.45) is 4.99 Å². The molecule has 1 heterocycles. The van der Waals surface area contributed by atoms with Crippen LogP contribution in [-0.4, -0.2) is 38.4 Å². The highest BCUT2D eigenvalue weighted by molar-refractivity contribution is 14.0. The van der Waals surface area contributed by atoms with Crippen molar-refractivity contribution in [3.05, 3.63) is 46.2 Å². The lowest BCUT2D eigenvalue weighted by atomic mass is 10.1. The van der Waals surface area contributed by atoms with Crippen LogP contribution in [0.15, 0.2) is 40.7 Å². The van der Waals surface area contributed by atoms with Crippen molar-refractivity contribution in [2.75, 3.05) is 27.3 Å². The van der Waals surface area contributed by atoms with Crippen LogP contribution in [0.3, 0.4) is 0 Å². The van der Waals surface area contributed by atoms with Gasteiger partial charge in [-0.2, -0.15) is 0 Å². The quantitative estimate of drug-likeness (QED) is 0.301.